The average Bonchev–Trinajstić information content (AvgIpc) is 3.06. The van der Waals surface area contributed by atoms with Crippen LogP contribution in [0.2, 0.25) is 0 Å². The normalized spacial score (nSPS) is 17.5. The number of rotatable bonds is 8. The SMILES string of the molecule is CN=C(NCCc1ccccc1F)N1CCC(COCCOC)C1.I. The fourth-order valence-corrected chi connectivity index (χ4v) is 2.90. The fourth-order valence-electron chi connectivity index (χ4n) is 2.90. The van der Waals surface area contributed by atoms with Gasteiger partial charge in [-0.3, -0.25) is 4.99 Å². The minimum absolute atomic E-state index is 0. The molecule has 1 unspecified atom stereocenters. The van der Waals surface area contributed by atoms with E-state index in [-0.39, 0.29) is 29.8 Å². The number of methoxy groups -OCH3 is 1. The molecule has 2 rings (SSSR count). The molecular formula is C18H29FIN3O2. The van der Waals surface area contributed by atoms with Gasteiger partial charge in [0, 0.05) is 39.7 Å². The van der Waals surface area contributed by atoms with Crippen LogP contribution in [0, 0.1) is 11.7 Å². The highest BCUT2D eigenvalue weighted by Crippen LogP contribution is 2.16. The Hall–Kier alpha value is -0.930. The summed E-state index contributed by atoms with van der Waals surface area (Å²) in [7, 11) is 3.46. The highest BCUT2D eigenvalue weighted by molar-refractivity contribution is 14.0. The summed E-state index contributed by atoms with van der Waals surface area (Å²) in [6.07, 6.45) is 1.74. The van der Waals surface area contributed by atoms with Crippen LogP contribution in [0.4, 0.5) is 4.39 Å². The average molecular weight is 465 g/mol. The van der Waals surface area contributed by atoms with Crippen molar-refractivity contribution in [2.45, 2.75) is 12.8 Å². The number of aliphatic imine (C=N–C) groups is 1. The zero-order valence-corrected chi connectivity index (χ0v) is 17.4. The molecule has 0 aliphatic carbocycles. The Morgan fingerprint density at radius 3 is 2.88 bits per heavy atom. The van der Waals surface area contributed by atoms with Crippen molar-refractivity contribution in [1.29, 1.82) is 0 Å². The topological polar surface area (TPSA) is 46.1 Å². The van der Waals surface area contributed by atoms with E-state index in [9.17, 15) is 4.39 Å². The molecule has 1 N–H and O–H groups in total. The highest BCUT2D eigenvalue weighted by Gasteiger charge is 2.24. The van der Waals surface area contributed by atoms with Crippen molar-refractivity contribution in [3.63, 3.8) is 0 Å². The molecule has 1 atom stereocenters. The van der Waals surface area contributed by atoms with Crippen LogP contribution in [0.15, 0.2) is 29.3 Å². The monoisotopic (exact) mass is 465 g/mol. The molecule has 1 aromatic carbocycles. The van der Waals surface area contributed by atoms with Gasteiger partial charge in [-0.15, -0.1) is 24.0 Å². The Labute approximate surface area is 167 Å². The molecular weight excluding hydrogens is 436 g/mol. The van der Waals surface area contributed by atoms with Crippen LogP contribution in [0.3, 0.4) is 0 Å². The lowest BCUT2D eigenvalue weighted by atomic mass is 10.1. The third-order valence-corrected chi connectivity index (χ3v) is 4.22. The van der Waals surface area contributed by atoms with Crippen molar-refractivity contribution in [3.8, 4) is 0 Å². The molecule has 0 radical (unpaired) electrons. The van der Waals surface area contributed by atoms with Gasteiger partial charge in [0.2, 0.25) is 0 Å². The molecule has 1 fully saturated rings. The number of halogens is 2. The standard InChI is InChI=1S/C18H28FN3O2.HI/c1-20-18(21-9-7-16-5-3-4-6-17(16)19)22-10-8-15(13-22)14-24-12-11-23-2;/h3-6,15H,7-14H2,1-2H3,(H,20,21);1H. The van der Waals surface area contributed by atoms with E-state index >= 15 is 0 Å². The Kier molecular flexibility index (Phi) is 11.0. The first-order valence-corrected chi connectivity index (χ1v) is 8.50. The van der Waals surface area contributed by atoms with Crippen molar-refractivity contribution < 1.29 is 13.9 Å². The number of nitrogens with one attached hydrogen (secondary N) is 1. The number of nitrogens with zero attached hydrogens (tertiary/aromatic N) is 2. The largest absolute Gasteiger partial charge is 0.382 e. The van der Waals surface area contributed by atoms with E-state index in [0.717, 1.165) is 37.6 Å². The third kappa shape index (κ3) is 7.45. The first-order chi connectivity index (χ1) is 11.7. The number of benzene rings is 1. The zero-order valence-electron chi connectivity index (χ0n) is 15.0. The number of hydrogen-bond donors (Lipinski definition) is 1. The van der Waals surface area contributed by atoms with E-state index in [2.05, 4.69) is 15.2 Å². The molecule has 142 valence electrons. The van der Waals surface area contributed by atoms with Gasteiger partial charge in [0.15, 0.2) is 5.96 Å². The van der Waals surface area contributed by atoms with Crippen molar-refractivity contribution in [1.82, 2.24) is 10.2 Å². The minimum atomic E-state index is -0.149. The quantitative estimate of drug-likeness (QED) is 0.278. The third-order valence-electron chi connectivity index (χ3n) is 4.22. The summed E-state index contributed by atoms with van der Waals surface area (Å²) in [4.78, 5) is 6.59. The van der Waals surface area contributed by atoms with Crippen LogP contribution in [-0.2, 0) is 15.9 Å². The summed E-state index contributed by atoms with van der Waals surface area (Å²) in [5.74, 6) is 1.25. The molecule has 1 saturated heterocycles. The minimum Gasteiger partial charge on any atom is -0.382 e. The number of guanidine groups is 1. The van der Waals surface area contributed by atoms with Gasteiger partial charge in [0.25, 0.3) is 0 Å². The molecule has 0 amide bonds. The Morgan fingerprint density at radius 2 is 2.16 bits per heavy atom. The Morgan fingerprint density at radius 1 is 1.36 bits per heavy atom. The molecule has 7 heteroatoms. The molecule has 25 heavy (non-hydrogen) atoms. The number of ether oxygens (including phenoxy) is 2. The van der Waals surface area contributed by atoms with Gasteiger partial charge in [-0.2, -0.15) is 0 Å². The predicted molar refractivity (Wildman–Crippen MR) is 109 cm³/mol. The van der Waals surface area contributed by atoms with Crippen molar-refractivity contribution in [2.24, 2.45) is 10.9 Å². The summed E-state index contributed by atoms with van der Waals surface area (Å²) in [5.41, 5.74) is 0.728. The lowest BCUT2D eigenvalue weighted by molar-refractivity contribution is 0.0536. The van der Waals surface area contributed by atoms with Crippen LogP contribution in [-0.4, -0.2) is 64.5 Å². The van der Waals surface area contributed by atoms with Gasteiger partial charge in [0.05, 0.1) is 19.8 Å². The van der Waals surface area contributed by atoms with Crippen LogP contribution >= 0.6 is 24.0 Å². The first-order valence-electron chi connectivity index (χ1n) is 8.50. The second kappa shape index (κ2) is 12.4. The summed E-state index contributed by atoms with van der Waals surface area (Å²) in [6, 6.07) is 6.90. The van der Waals surface area contributed by atoms with Gasteiger partial charge in [-0.1, -0.05) is 18.2 Å². The van der Waals surface area contributed by atoms with Crippen molar-refractivity contribution in [2.75, 3.05) is 53.6 Å². The van der Waals surface area contributed by atoms with E-state index in [0.29, 0.717) is 32.1 Å². The molecule has 0 bridgehead atoms. The molecule has 1 heterocycles. The fraction of sp³-hybridized carbons (Fsp3) is 0.611. The van der Waals surface area contributed by atoms with Crippen molar-refractivity contribution in [3.05, 3.63) is 35.6 Å². The molecule has 5 nitrogen and oxygen atoms in total. The van der Waals surface area contributed by atoms with E-state index < -0.39 is 0 Å². The summed E-state index contributed by atoms with van der Waals surface area (Å²) < 4.78 is 24.2. The second-order valence-electron chi connectivity index (χ2n) is 5.98. The van der Waals surface area contributed by atoms with E-state index in [1.54, 1.807) is 20.2 Å². The molecule has 0 spiro atoms. The lowest BCUT2D eigenvalue weighted by Crippen LogP contribution is -2.41. The Bertz CT molecular complexity index is 531. The summed E-state index contributed by atoms with van der Waals surface area (Å²) in [5, 5.41) is 3.33. The molecule has 1 aliphatic rings. The van der Waals surface area contributed by atoms with E-state index in [1.807, 2.05) is 12.1 Å². The van der Waals surface area contributed by atoms with Gasteiger partial charge < -0.3 is 19.7 Å². The molecule has 0 saturated carbocycles. The van der Waals surface area contributed by atoms with Gasteiger partial charge in [0.1, 0.15) is 5.82 Å². The number of likely N-dealkylation sites (tertiary alicyclic amines) is 1. The lowest BCUT2D eigenvalue weighted by Gasteiger charge is -2.21. The summed E-state index contributed by atoms with van der Waals surface area (Å²) in [6.45, 7) is 4.60. The maximum Gasteiger partial charge on any atom is 0.193 e. The van der Waals surface area contributed by atoms with Crippen LogP contribution < -0.4 is 5.32 Å². The van der Waals surface area contributed by atoms with Crippen LogP contribution in [0.5, 0.6) is 0 Å². The Balaban J connectivity index is 0.00000312. The predicted octanol–water partition coefficient (Wildman–Crippen LogP) is 2.55. The molecule has 0 aromatic heterocycles. The molecule has 1 aromatic rings. The van der Waals surface area contributed by atoms with Crippen LogP contribution in [0.1, 0.15) is 12.0 Å². The maximum absolute atomic E-state index is 13.6. The van der Waals surface area contributed by atoms with Gasteiger partial charge in [-0.25, -0.2) is 4.39 Å². The second-order valence-corrected chi connectivity index (χ2v) is 5.98. The van der Waals surface area contributed by atoms with Gasteiger partial charge >= 0.3 is 0 Å². The van der Waals surface area contributed by atoms with E-state index in [4.69, 9.17) is 9.47 Å². The van der Waals surface area contributed by atoms with Crippen LogP contribution in [0.25, 0.3) is 0 Å². The van der Waals surface area contributed by atoms with Crippen molar-refractivity contribution >= 4 is 29.9 Å². The number of hydrogen-bond acceptors (Lipinski definition) is 3. The smallest absolute Gasteiger partial charge is 0.193 e. The maximum atomic E-state index is 13.6. The zero-order chi connectivity index (χ0) is 17.2. The summed E-state index contributed by atoms with van der Waals surface area (Å²) >= 11 is 0. The van der Waals surface area contributed by atoms with Gasteiger partial charge in [-0.05, 0) is 24.5 Å². The first kappa shape index (κ1) is 22.1. The van der Waals surface area contributed by atoms with E-state index in [1.165, 1.54) is 6.07 Å². The highest BCUT2D eigenvalue weighted by atomic mass is 127. The molecule has 1 aliphatic heterocycles.